The number of esters is 1. The van der Waals surface area contributed by atoms with Crippen LogP contribution in [0.5, 0.6) is 0 Å². The molecular weight excluding hydrogens is 375 g/mol. The molecule has 2 aliphatic heterocycles. The van der Waals surface area contributed by atoms with Crippen molar-refractivity contribution in [1.29, 1.82) is 0 Å². The molecule has 1 aromatic carbocycles. The summed E-state index contributed by atoms with van der Waals surface area (Å²) in [6.45, 7) is 1.56. The van der Waals surface area contributed by atoms with Crippen molar-refractivity contribution in [1.82, 2.24) is 4.90 Å². The van der Waals surface area contributed by atoms with Crippen molar-refractivity contribution >= 4 is 23.4 Å². The van der Waals surface area contributed by atoms with Gasteiger partial charge in [-0.15, -0.1) is 0 Å². The zero-order valence-electron chi connectivity index (χ0n) is 15.7. The lowest BCUT2D eigenvalue weighted by molar-refractivity contribution is -0.183. The van der Waals surface area contributed by atoms with Crippen LogP contribution < -0.4 is 10.2 Å². The van der Waals surface area contributed by atoms with Gasteiger partial charge >= 0.3 is 18.2 Å². The highest BCUT2D eigenvalue weighted by Crippen LogP contribution is 2.34. The first kappa shape index (κ1) is 20.3. The van der Waals surface area contributed by atoms with Gasteiger partial charge in [-0.1, -0.05) is 0 Å². The van der Waals surface area contributed by atoms with Gasteiger partial charge in [0, 0.05) is 26.2 Å². The monoisotopic (exact) mass is 399 g/mol. The highest BCUT2D eigenvalue weighted by atomic mass is 19.4. The lowest BCUT2D eigenvalue weighted by Crippen LogP contribution is -2.46. The number of carbonyl (C=O) groups is 2. The van der Waals surface area contributed by atoms with Crippen LogP contribution in [0.2, 0.25) is 0 Å². The number of nitrogens with zero attached hydrogens (tertiary/aromatic N) is 2. The maximum Gasteiger partial charge on any atom is 0.393 e. The molecule has 6 nitrogen and oxygen atoms in total. The number of ether oxygens (including phenoxy) is 1. The SMILES string of the molecule is COC(=O)c1ccc(N2CCCC2)c(NC(=O)N2CCC[C@H](C(F)(F)F)C2)c1. The van der Waals surface area contributed by atoms with Gasteiger partial charge in [0.05, 0.1) is 30.0 Å². The predicted octanol–water partition coefficient (Wildman–Crippen LogP) is 3.88. The molecule has 1 N–H and O–H groups in total. The van der Waals surface area contributed by atoms with Crippen molar-refractivity contribution in [3.63, 3.8) is 0 Å². The molecule has 2 aliphatic rings. The van der Waals surface area contributed by atoms with E-state index in [2.05, 4.69) is 10.2 Å². The average molecular weight is 399 g/mol. The van der Waals surface area contributed by atoms with Gasteiger partial charge in [-0.3, -0.25) is 0 Å². The van der Waals surface area contributed by atoms with E-state index in [1.54, 1.807) is 12.1 Å². The van der Waals surface area contributed by atoms with Crippen molar-refractivity contribution in [2.45, 2.75) is 31.9 Å². The number of benzene rings is 1. The van der Waals surface area contributed by atoms with E-state index >= 15 is 0 Å². The van der Waals surface area contributed by atoms with Crippen LogP contribution in [0, 0.1) is 5.92 Å². The number of alkyl halides is 3. The van der Waals surface area contributed by atoms with E-state index in [0.717, 1.165) is 31.6 Å². The van der Waals surface area contributed by atoms with Crippen molar-refractivity contribution in [3.8, 4) is 0 Å². The molecule has 2 saturated heterocycles. The Balaban J connectivity index is 1.80. The summed E-state index contributed by atoms with van der Waals surface area (Å²) in [6, 6.07) is 4.29. The molecule has 9 heteroatoms. The van der Waals surface area contributed by atoms with E-state index in [-0.39, 0.29) is 25.1 Å². The topological polar surface area (TPSA) is 61.9 Å². The molecule has 0 aromatic heterocycles. The lowest BCUT2D eigenvalue weighted by atomic mass is 9.98. The number of carbonyl (C=O) groups excluding carboxylic acids is 2. The lowest BCUT2D eigenvalue weighted by Gasteiger charge is -2.34. The van der Waals surface area contributed by atoms with E-state index in [0.29, 0.717) is 12.1 Å². The molecule has 0 spiro atoms. The first-order chi connectivity index (χ1) is 13.3. The summed E-state index contributed by atoms with van der Waals surface area (Å²) in [5.41, 5.74) is 1.43. The molecule has 0 unspecified atom stereocenters. The summed E-state index contributed by atoms with van der Waals surface area (Å²) >= 11 is 0. The summed E-state index contributed by atoms with van der Waals surface area (Å²) < 4.78 is 43.8. The van der Waals surface area contributed by atoms with Gasteiger partial charge in [-0.2, -0.15) is 13.2 Å². The Morgan fingerprint density at radius 2 is 1.86 bits per heavy atom. The summed E-state index contributed by atoms with van der Waals surface area (Å²) in [6.07, 6.45) is -1.94. The number of hydrogen-bond donors (Lipinski definition) is 1. The summed E-state index contributed by atoms with van der Waals surface area (Å²) in [5, 5.41) is 2.72. The van der Waals surface area contributed by atoms with Crippen molar-refractivity contribution in [2.24, 2.45) is 5.92 Å². The minimum atomic E-state index is -4.32. The van der Waals surface area contributed by atoms with Crippen LogP contribution in [-0.2, 0) is 4.74 Å². The Morgan fingerprint density at radius 1 is 1.14 bits per heavy atom. The summed E-state index contributed by atoms with van der Waals surface area (Å²) in [4.78, 5) is 27.8. The highest BCUT2D eigenvalue weighted by molar-refractivity contribution is 5.97. The fourth-order valence-electron chi connectivity index (χ4n) is 3.74. The number of nitrogens with one attached hydrogen (secondary N) is 1. The van der Waals surface area contributed by atoms with Gasteiger partial charge in [-0.25, -0.2) is 9.59 Å². The number of piperidine rings is 1. The zero-order chi connectivity index (χ0) is 20.3. The minimum Gasteiger partial charge on any atom is -0.465 e. The Kier molecular flexibility index (Phi) is 6.00. The summed E-state index contributed by atoms with van der Waals surface area (Å²) in [7, 11) is 1.26. The van der Waals surface area contributed by atoms with Gasteiger partial charge in [-0.05, 0) is 43.9 Å². The van der Waals surface area contributed by atoms with E-state index in [1.807, 2.05) is 0 Å². The highest BCUT2D eigenvalue weighted by Gasteiger charge is 2.42. The van der Waals surface area contributed by atoms with Gasteiger partial charge in [0.1, 0.15) is 0 Å². The zero-order valence-corrected chi connectivity index (χ0v) is 15.7. The first-order valence-corrected chi connectivity index (χ1v) is 9.39. The number of urea groups is 1. The Hall–Kier alpha value is -2.45. The van der Waals surface area contributed by atoms with Crippen LogP contribution in [0.25, 0.3) is 0 Å². The molecule has 0 radical (unpaired) electrons. The second kappa shape index (κ2) is 8.28. The number of methoxy groups -OCH3 is 1. The molecule has 0 bridgehead atoms. The van der Waals surface area contributed by atoms with Crippen LogP contribution in [0.4, 0.5) is 29.3 Å². The first-order valence-electron chi connectivity index (χ1n) is 9.39. The van der Waals surface area contributed by atoms with E-state index in [4.69, 9.17) is 4.74 Å². The van der Waals surface area contributed by atoms with E-state index < -0.39 is 24.1 Å². The van der Waals surface area contributed by atoms with Crippen LogP contribution >= 0.6 is 0 Å². The largest absolute Gasteiger partial charge is 0.465 e. The quantitative estimate of drug-likeness (QED) is 0.784. The molecule has 154 valence electrons. The summed E-state index contributed by atoms with van der Waals surface area (Å²) in [5.74, 6) is -2.05. The molecule has 0 saturated carbocycles. The molecule has 2 amide bonds. The average Bonchev–Trinajstić information content (AvgIpc) is 3.21. The van der Waals surface area contributed by atoms with Gasteiger partial charge in [0.15, 0.2) is 0 Å². The number of rotatable bonds is 3. The van der Waals surface area contributed by atoms with Gasteiger partial charge in [0.2, 0.25) is 0 Å². The number of hydrogen-bond acceptors (Lipinski definition) is 4. The number of amides is 2. The van der Waals surface area contributed by atoms with Gasteiger partial charge in [0.25, 0.3) is 0 Å². The Morgan fingerprint density at radius 3 is 2.50 bits per heavy atom. The maximum atomic E-state index is 13.0. The number of halogens is 3. The Bertz CT molecular complexity index is 733. The van der Waals surface area contributed by atoms with Crippen LogP contribution in [-0.4, -0.2) is 56.4 Å². The van der Waals surface area contributed by atoms with Crippen LogP contribution in [0.3, 0.4) is 0 Å². The molecule has 2 heterocycles. The fourth-order valence-corrected chi connectivity index (χ4v) is 3.74. The molecule has 2 fully saturated rings. The molecule has 3 rings (SSSR count). The second-order valence-electron chi connectivity index (χ2n) is 7.17. The van der Waals surface area contributed by atoms with Crippen molar-refractivity contribution in [2.75, 3.05) is 43.5 Å². The maximum absolute atomic E-state index is 13.0. The van der Waals surface area contributed by atoms with E-state index in [1.165, 1.54) is 18.1 Å². The van der Waals surface area contributed by atoms with Crippen molar-refractivity contribution in [3.05, 3.63) is 23.8 Å². The number of anilines is 2. The van der Waals surface area contributed by atoms with E-state index in [9.17, 15) is 22.8 Å². The standard InChI is InChI=1S/C19H24F3N3O3/c1-28-17(26)13-6-7-16(24-8-2-3-9-24)15(11-13)23-18(27)25-10-4-5-14(12-25)19(20,21)22/h6-7,11,14H,2-5,8-10,12H2,1H3,(H,23,27)/t14-/m0/s1. The number of likely N-dealkylation sites (tertiary alicyclic amines) is 1. The van der Waals surface area contributed by atoms with Crippen molar-refractivity contribution < 1.29 is 27.5 Å². The third kappa shape index (κ3) is 4.51. The van der Waals surface area contributed by atoms with Crippen LogP contribution in [0.1, 0.15) is 36.0 Å². The molecule has 1 atom stereocenters. The molecule has 28 heavy (non-hydrogen) atoms. The van der Waals surface area contributed by atoms with Crippen LogP contribution in [0.15, 0.2) is 18.2 Å². The fraction of sp³-hybridized carbons (Fsp3) is 0.579. The normalized spacial score (nSPS) is 20.2. The molecule has 1 aromatic rings. The molecule has 0 aliphatic carbocycles. The Labute approximate surface area is 161 Å². The molecular formula is C19H24F3N3O3. The third-order valence-electron chi connectivity index (χ3n) is 5.28. The third-order valence-corrected chi connectivity index (χ3v) is 5.28. The second-order valence-corrected chi connectivity index (χ2v) is 7.17. The van der Waals surface area contributed by atoms with Gasteiger partial charge < -0.3 is 19.9 Å². The minimum absolute atomic E-state index is 0.0319. The smallest absolute Gasteiger partial charge is 0.393 e. The predicted molar refractivity (Wildman–Crippen MR) is 98.6 cm³/mol.